The first-order chi connectivity index (χ1) is 16.2. The second-order valence-corrected chi connectivity index (χ2v) is 8.47. The fourth-order valence-corrected chi connectivity index (χ4v) is 4.39. The third-order valence-corrected chi connectivity index (χ3v) is 6.05. The Morgan fingerprint density at radius 1 is 1.15 bits per heavy atom. The van der Waals surface area contributed by atoms with Crippen LogP contribution in [0.4, 0.5) is 13.2 Å². The Kier molecular flexibility index (Phi) is 8.44. The number of hydrogen-bond acceptors (Lipinski definition) is 4. The molecule has 34 heavy (non-hydrogen) atoms. The van der Waals surface area contributed by atoms with E-state index in [4.69, 9.17) is 9.84 Å². The summed E-state index contributed by atoms with van der Waals surface area (Å²) in [5, 5.41) is 18.2. The molecule has 6 nitrogen and oxygen atoms in total. The van der Waals surface area contributed by atoms with Crippen molar-refractivity contribution in [1.82, 2.24) is 0 Å². The van der Waals surface area contributed by atoms with E-state index in [1.54, 1.807) is 36.4 Å². The maximum atomic E-state index is 12.8. The molecule has 184 valence electrons. The number of carboxylic acids is 1. The Labute approximate surface area is 195 Å². The first-order valence-electron chi connectivity index (χ1n) is 11.1. The van der Waals surface area contributed by atoms with Gasteiger partial charge < -0.3 is 25.4 Å². The predicted molar refractivity (Wildman–Crippen MR) is 119 cm³/mol. The second-order valence-electron chi connectivity index (χ2n) is 8.47. The van der Waals surface area contributed by atoms with Crippen LogP contribution >= 0.6 is 0 Å². The zero-order chi connectivity index (χ0) is 24.7. The van der Waals surface area contributed by atoms with Gasteiger partial charge in [0, 0.05) is 6.08 Å². The van der Waals surface area contributed by atoms with Gasteiger partial charge in [0.05, 0.1) is 18.6 Å². The maximum absolute atomic E-state index is 12.8. The molecular weight excluding hydrogens is 451 g/mol. The molecule has 1 unspecified atom stereocenters. The lowest BCUT2D eigenvalue weighted by Crippen LogP contribution is -2.62. The SMILES string of the molecule is [NH3+]C(/C=C\O)[C@@H](CC(=O)O)c1ccc(OCc2ccc(OC(F)(F)F)c(C3CCCC3)c2)cc1. The summed E-state index contributed by atoms with van der Waals surface area (Å²) in [4.78, 5) is 11.2. The summed E-state index contributed by atoms with van der Waals surface area (Å²) in [5.41, 5.74) is 5.93. The molecule has 0 bridgehead atoms. The van der Waals surface area contributed by atoms with E-state index in [-0.39, 0.29) is 24.7 Å². The number of alkyl halides is 3. The molecule has 1 saturated carbocycles. The quantitative estimate of drug-likeness (QED) is 0.413. The third kappa shape index (κ3) is 7.15. The van der Waals surface area contributed by atoms with E-state index in [2.05, 4.69) is 10.5 Å². The summed E-state index contributed by atoms with van der Waals surface area (Å²) in [6.07, 6.45) is 1.02. The van der Waals surface area contributed by atoms with Gasteiger partial charge in [-0.25, -0.2) is 0 Å². The minimum atomic E-state index is -4.74. The van der Waals surface area contributed by atoms with Crippen LogP contribution in [0.25, 0.3) is 0 Å². The van der Waals surface area contributed by atoms with Crippen molar-refractivity contribution in [2.24, 2.45) is 0 Å². The van der Waals surface area contributed by atoms with E-state index >= 15 is 0 Å². The maximum Gasteiger partial charge on any atom is 0.573 e. The number of hydrogen-bond donors (Lipinski definition) is 3. The van der Waals surface area contributed by atoms with Gasteiger partial charge in [-0.3, -0.25) is 4.79 Å². The monoisotopic (exact) mass is 480 g/mol. The van der Waals surface area contributed by atoms with E-state index in [0.717, 1.165) is 43.1 Å². The number of quaternary nitrogens is 1. The van der Waals surface area contributed by atoms with Gasteiger partial charge >= 0.3 is 12.3 Å². The van der Waals surface area contributed by atoms with Crippen LogP contribution in [0.1, 0.15) is 60.6 Å². The van der Waals surface area contributed by atoms with Crippen LogP contribution in [0, 0.1) is 0 Å². The Hall–Kier alpha value is -3.20. The van der Waals surface area contributed by atoms with Gasteiger partial charge in [0.15, 0.2) is 0 Å². The van der Waals surface area contributed by atoms with Crippen molar-refractivity contribution >= 4 is 5.97 Å². The lowest BCUT2D eigenvalue weighted by atomic mass is 9.89. The molecule has 1 aliphatic rings. The number of ether oxygens (including phenoxy) is 2. The van der Waals surface area contributed by atoms with Crippen molar-refractivity contribution in [3.63, 3.8) is 0 Å². The zero-order valence-electron chi connectivity index (χ0n) is 18.6. The largest absolute Gasteiger partial charge is 0.573 e. The fraction of sp³-hybridized carbons (Fsp3) is 0.400. The van der Waals surface area contributed by atoms with E-state index in [1.807, 2.05) is 0 Å². The highest BCUT2D eigenvalue weighted by Crippen LogP contribution is 2.41. The van der Waals surface area contributed by atoms with Gasteiger partial charge in [0.25, 0.3) is 0 Å². The van der Waals surface area contributed by atoms with Gasteiger partial charge in [0.2, 0.25) is 0 Å². The molecule has 1 aliphatic carbocycles. The normalized spacial score (nSPS) is 16.5. The number of carbonyl (C=O) groups is 1. The van der Waals surface area contributed by atoms with Crippen molar-refractivity contribution in [3.8, 4) is 11.5 Å². The molecule has 0 amide bonds. The predicted octanol–water partition coefficient (Wildman–Crippen LogP) is 5.06. The molecule has 2 aromatic carbocycles. The van der Waals surface area contributed by atoms with Crippen LogP contribution in [0.5, 0.6) is 11.5 Å². The van der Waals surface area contributed by atoms with Gasteiger partial charge in [-0.05, 0) is 59.7 Å². The standard InChI is InChI=1S/C25H28F3NO5/c26-25(27,28)34-23-10-5-16(13-21(23)17-3-1-2-4-17)15-33-19-8-6-18(7-9-19)20(14-24(31)32)22(29)11-12-30/h5-13,17,20,22,30H,1-4,14-15,29H2,(H,31,32)/p+1/b12-11-/t20-,22?/m0/s1. The number of aliphatic hydroxyl groups excluding tert-OH is 1. The molecule has 3 rings (SSSR count). The smallest absolute Gasteiger partial charge is 0.516 e. The van der Waals surface area contributed by atoms with E-state index in [0.29, 0.717) is 11.3 Å². The minimum absolute atomic E-state index is 0.0336. The van der Waals surface area contributed by atoms with Gasteiger partial charge in [-0.2, -0.15) is 0 Å². The van der Waals surface area contributed by atoms with Crippen LogP contribution in [0.15, 0.2) is 54.8 Å². The molecule has 1 fully saturated rings. The third-order valence-electron chi connectivity index (χ3n) is 6.05. The average Bonchev–Trinajstić information content (AvgIpc) is 3.31. The number of aliphatic carboxylic acids is 1. The number of carboxylic acid groups (broad SMARTS) is 1. The van der Waals surface area contributed by atoms with E-state index in [1.165, 1.54) is 12.1 Å². The van der Waals surface area contributed by atoms with Crippen LogP contribution in [0.3, 0.4) is 0 Å². The minimum Gasteiger partial charge on any atom is -0.516 e. The van der Waals surface area contributed by atoms with E-state index < -0.39 is 24.3 Å². The fourth-order valence-electron chi connectivity index (χ4n) is 4.39. The summed E-state index contributed by atoms with van der Waals surface area (Å²) in [6.45, 7) is 0.162. The van der Waals surface area contributed by atoms with E-state index in [9.17, 15) is 23.1 Å². The summed E-state index contributed by atoms with van der Waals surface area (Å²) in [5.74, 6) is -0.983. The summed E-state index contributed by atoms with van der Waals surface area (Å²) >= 11 is 0. The van der Waals surface area contributed by atoms with Crippen molar-refractivity contribution < 1.29 is 43.4 Å². The first-order valence-corrected chi connectivity index (χ1v) is 11.1. The lowest BCUT2D eigenvalue weighted by molar-refractivity contribution is -0.409. The molecule has 5 N–H and O–H groups in total. The highest BCUT2D eigenvalue weighted by Gasteiger charge is 2.33. The highest BCUT2D eigenvalue weighted by atomic mass is 19.4. The molecule has 0 aromatic heterocycles. The molecule has 0 radical (unpaired) electrons. The molecular formula is C25H29F3NO5+. The van der Waals surface area contributed by atoms with Crippen molar-refractivity contribution in [1.29, 1.82) is 0 Å². The molecule has 2 aromatic rings. The van der Waals surface area contributed by atoms with Gasteiger partial charge in [-0.15, -0.1) is 13.2 Å². The summed E-state index contributed by atoms with van der Waals surface area (Å²) in [6, 6.07) is 11.1. The van der Waals surface area contributed by atoms with Crippen molar-refractivity contribution in [2.45, 2.75) is 63.0 Å². The molecule has 0 spiro atoms. The number of benzene rings is 2. The van der Waals surface area contributed by atoms with Gasteiger partial charge in [0.1, 0.15) is 24.1 Å². The first kappa shape index (κ1) is 25.4. The molecule has 0 saturated heterocycles. The summed E-state index contributed by atoms with van der Waals surface area (Å²) < 4.78 is 48.6. The molecule has 0 aliphatic heterocycles. The molecule has 0 heterocycles. The summed E-state index contributed by atoms with van der Waals surface area (Å²) in [7, 11) is 0. The highest BCUT2D eigenvalue weighted by molar-refractivity contribution is 5.68. The van der Waals surface area contributed by atoms with Gasteiger partial charge in [-0.1, -0.05) is 31.0 Å². The van der Waals surface area contributed by atoms with Crippen LogP contribution in [-0.2, 0) is 11.4 Å². The van der Waals surface area contributed by atoms with Crippen molar-refractivity contribution in [2.75, 3.05) is 0 Å². The number of aliphatic hydroxyl groups is 1. The number of halogens is 3. The van der Waals surface area contributed by atoms with Crippen LogP contribution in [0.2, 0.25) is 0 Å². The average molecular weight is 481 g/mol. The van der Waals surface area contributed by atoms with Crippen LogP contribution < -0.4 is 15.2 Å². The Bertz CT molecular complexity index is 985. The van der Waals surface area contributed by atoms with Crippen molar-refractivity contribution in [3.05, 3.63) is 71.5 Å². The molecule has 2 atom stereocenters. The molecule has 9 heteroatoms. The second kappa shape index (κ2) is 11.3. The number of rotatable bonds is 10. The Balaban J connectivity index is 1.72. The lowest BCUT2D eigenvalue weighted by Gasteiger charge is -2.19. The van der Waals surface area contributed by atoms with Crippen LogP contribution in [-0.4, -0.2) is 28.6 Å². The Morgan fingerprint density at radius 2 is 1.82 bits per heavy atom. The Morgan fingerprint density at radius 3 is 2.41 bits per heavy atom. The zero-order valence-corrected chi connectivity index (χ0v) is 18.6. The topological polar surface area (TPSA) is 104 Å².